The van der Waals surface area contributed by atoms with Gasteiger partial charge < -0.3 is 60.6 Å². The van der Waals surface area contributed by atoms with Crippen molar-refractivity contribution in [1.29, 1.82) is 0 Å². The third-order valence-electron chi connectivity index (χ3n) is 15.7. The molecule has 386 valence electrons. The van der Waals surface area contributed by atoms with Crippen molar-refractivity contribution >= 4 is 24.0 Å². The fraction of sp³-hybridized carbons (Fsp3) is 0.473. The van der Waals surface area contributed by atoms with Crippen molar-refractivity contribution in [2.45, 2.75) is 139 Å². The molecule has 0 radical (unpaired) electrons. The van der Waals surface area contributed by atoms with E-state index in [0.717, 1.165) is 60.9 Å². The molecule has 6 aliphatic rings. The molecule has 1 saturated carbocycles. The van der Waals surface area contributed by atoms with Crippen LogP contribution in [0.1, 0.15) is 99.5 Å². The number of aliphatic imine (C=N–C) groups is 2. The number of fused-ring (bicyclic) bond motifs is 6. The topological polar surface area (TPSA) is 251 Å². The number of allylic oxidation sites excluding steroid dienone is 1. The summed E-state index contributed by atoms with van der Waals surface area (Å²) in [5.41, 5.74) is 10.3. The molecule has 4 fully saturated rings. The Hall–Kier alpha value is -6.89. The lowest BCUT2D eigenvalue weighted by atomic mass is 9.54. The first-order valence-corrected chi connectivity index (χ1v) is 25.7. The van der Waals surface area contributed by atoms with E-state index < -0.39 is 35.4 Å². The summed E-state index contributed by atoms with van der Waals surface area (Å²) in [5.74, 6) is 0.595. The number of guanidine groups is 1. The molecule has 0 bridgehead atoms. The number of esters is 1. The predicted molar refractivity (Wildman–Crippen MR) is 274 cm³/mol. The average Bonchev–Trinajstić information content (AvgIpc) is 3.99. The molecule has 4 aromatic rings. The Kier molecular flexibility index (Phi) is 14.5. The maximum absolute atomic E-state index is 12.3. The summed E-state index contributed by atoms with van der Waals surface area (Å²) in [6, 6.07) is 16.3. The van der Waals surface area contributed by atoms with Gasteiger partial charge in [-0.1, -0.05) is 12.1 Å². The second-order valence-electron chi connectivity index (χ2n) is 20.3. The number of hydrogen-bond donors (Lipinski definition) is 8. The van der Waals surface area contributed by atoms with Gasteiger partial charge in [-0.15, -0.1) is 0 Å². The fourth-order valence-electron chi connectivity index (χ4n) is 12.3. The molecule has 7 heterocycles. The number of anilines is 1. The van der Waals surface area contributed by atoms with Crippen LogP contribution in [0.15, 0.2) is 107 Å². The van der Waals surface area contributed by atoms with Crippen LogP contribution in [0.2, 0.25) is 0 Å². The van der Waals surface area contributed by atoms with Gasteiger partial charge in [0.2, 0.25) is 5.75 Å². The highest BCUT2D eigenvalue weighted by Gasteiger charge is 2.67. The number of carbonyl (C=O) groups excluding carboxylic acids is 1. The number of nitrogen functional groups attached to an aromatic ring is 1. The number of benzene rings is 2. The number of aryl methyl sites for hydroxylation is 2. The van der Waals surface area contributed by atoms with E-state index in [2.05, 4.69) is 48.1 Å². The zero-order chi connectivity index (χ0) is 50.7. The molecule has 5 aliphatic heterocycles. The van der Waals surface area contributed by atoms with E-state index in [4.69, 9.17) is 29.7 Å². The summed E-state index contributed by atoms with van der Waals surface area (Å²) in [5, 5.41) is 56.2. The first-order chi connectivity index (χ1) is 35.4. The van der Waals surface area contributed by atoms with Crippen LogP contribution in [0.5, 0.6) is 28.7 Å². The van der Waals surface area contributed by atoms with E-state index in [1.807, 2.05) is 49.7 Å². The number of hydrogen-bond acceptors (Lipinski definition) is 16. The maximum Gasteiger partial charge on any atom is 0.302 e. The zero-order valence-electron chi connectivity index (χ0n) is 41.5. The molecule has 2 aromatic heterocycles. The molecule has 2 aromatic carbocycles. The van der Waals surface area contributed by atoms with E-state index in [0.29, 0.717) is 74.6 Å². The SMILES string of the molecule is CNC(O)C12CCC3C4=CC=NC4=CN3C1NC(=NCCCc1ccnc(N)c1)NC21CCCC(Oc2cc(CCC3CC(OC(C)=O)CC(c4cc(O)c(O)c(OCCc5cccnc5)c4)O3)ccc2O)C1. The van der Waals surface area contributed by atoms with E-state index in [9.17, 15) is 25.2 Å². The molecule has 18 nitrogen and oxygen atoms in total. The maximum atomic E-state index is 12.3. The summed E-state index contributed by atoms with van der Waals surface area (Å²) in [6.45, 7) is 2.19. The highest BCUT2D eigenvalue weighted by molar-refractivity contribution is 5.83. The minimum atomic E-state index is -0.899. The van der Waals surface area contributed by atoms with Crippen molar-refractivity contribution in [2.75, 3.05) is 25.9 Å². The van der Waals surface area contributed by atoms with Crippen molar-refractivity contribution in [2.24, 2.45) is 15.4 Å². The number of carbonyl (C=O) groups is 1. The average molecular weight is 998 g/mol. The minimum Gasteiger partial charge on any atom is -0.504 e. The minimum absolute atomic E-state index is 0.0294. The first kappa shape index (κ1) is 49.7. The largest absolute Gasteiger partial charge is 0.504 e. The second-order valence-corrected chi connectivity index (χ2v) is 20.3. The number of nitrogens with two attached hydrogens (primary N) is 1. The molecule has 9 atom stereocenters. The lowest BCUT2D eigenvalue weighted by Gasteiger charge is -2.66. The zero-order valence-corrected chi connectivity index (χ0v) is 41.5. The third-order valence-corrected chi connectivity index (χ3v) is 15.7. The molecule has 73 heavy (non-hydrogen) atoms. The van der Waals surface area contributed by atoms with Gasteiger partial charge in [0.05, 0.1) is 41.5 Å². The number of phenolic OH excluding ortho intramolecular Hbond substituents is 3. The standard InChI is InChI=1S/C55H67N9O9/c1-33(65)71-40-28-38(72-46(29-40)37-26-45(67)50(68)48(27-37)70-23-16-36-7-4-19-58-31-36)11-9-35-10-12-44(66)47(24-35)73-39-8-3-17-54(30-39)55(52(69)57-2)18-13-43-41-15-22-59-42(41)32-64(43)51(55)62-53(63-54)61-20-5-6-34-14-21-60-49(56)25-34/h4,7,10,12,14-15,19,21-22,24-27,31-32,38-40,43,46,51-52,57,66-69H,3,5-6,8-9,11,13,16-18,20,23,28-30H2,1-2H3,(H2,56,60)(H2,61,62,63). The molecule has 9 N–H and O–H groups in total. The third kappa shape index (κ3) is 10.4. The number of rotatable bonds is 17. The van der Waals surface area contributed by atoms with Gasteiger partial charge in [-0.05, 0) is 136 Å². The van der Waals surface area contributed by atoms with Crippen LogP contribution in [0.3, 0.4) is 0 Å². The van der Waals surface area contributed by atoms with Crippen molar-refractivity contribution in [3.8, 4) is 28.7 Å². The highest BCUT2D eigenvalue weighted by atomic mass is 16.6. The predicted octanol–water partition coefficient (Wildman–Crippen LogP) is 6.00. The molecule has 1 aliphatic carbocycles. The normalized spacial score (nSPS) is 28.0. The number of aromatic hydroxyl groups is 3. The van der Waals surface area contributed by atoms with E-state index in [1.54, 1.807) is 30.7 Å². The van der Waals surface area contributed by atoms with Gasteiger partial charge in [-0.3, -0.25) is 25.1 Å². The molecule has 10 rings (SSSR count). The Morgan fingerprint density at radius 1 is 1.00 bits per heavy atom. The van der Waals surface area contributed by atoms with Crippen molar-refractivity contribution in [3.63, 3.8) is 0 Å². The van der Waals surface area contributed by atoms with Gasteiger partial charge in [-0.25, -0.2) is 4.98 Å². The summed E-state index contributed by atoms with van der Waals surface area (Å²) >= 11 is 0. The molecule has 1 spiro atoms. The van der Waals surface area contributed by atoms with Crippen LogP contribution in [0, 0.1) is 5.41 Å². The quantitative estimate of drug-likeness (QED) is 0.0261. The Labute approximate surface area is 425 Å². The van der Waals surface area contributed by atoms with E-state index in [-0.39, 0.29) is 54.0 Å². The van der Waals surface area contributed by atoms with Crippen LogP contribution in [0.25, 0.3) is 0 Å². The van der Waals surface area contributed by atoms with Gasteiger partial charge in [0.25, 0.3) is 0 Å². The first-order valence-electron chi connectivity index (χ1n) is 25.7. The van der Waals surface area contributed by atoms with Gasteiger partial charge in [0.15, 0.2) is 29.0 Å². The number of nitrogens with one attached hydrogen (secondary N) is 3. The van der Waals surface area contributed by atoms with Crippen LogP contribution in [-0.2, 0) is 33.5 Å². The lowest BCUT2D eigenvalue weighted by Crippen LogP contribution is -2.83. The number of aliphatic hydroxyl groups excluding tert-OH is 1. The molecule has 0 amide bonds. The molecule has 9 unspecified atom stereocenters. The van der Waals surface area contributed by atoms with Crippen molar-refractivity contribution < 1.29 is 44.2 Å². The van der Waals surface area contributed by atoms with Crippen LogP contribution < -0.4 is 31.2 Å². The van der Waals surface area contributed by atoms with Crippen LogP contribution in [-0.4, -0.2) is 116 Å². The lowest BCUT2D eigenvalue weighted by molar-refractivity contribution is -0.165. The Balaban J connectivity index is 0.857. The van der Waals surface area contributed by atoms with E-state index in [1.165, 1.54) is 18.6 Å². The number of aliphatic hydroxyl groups is 1. The molecule has 18 heteroatoms. The van der Waals surface area contributed by atoms with Gasteiger partial charge in [0, 0.05) is 75.7 Å². The van der Waals surface area contributed by atoms with E-state index >= 15 is 0 Å². The summed E-state index contributed by atoms with van der Waals surface area (Å²) in [7, 11) is 1.81. The van der Waals surface area contributed by atoms with Crippen LogP contribution >= 0.6 is 0 Å². The molecular weight excluding hydrogens is 931 g/mol. The number of pyridine rings is 2. The second kappa shape index (κ2) is 21.3. The van der Waals surface area contributed by atoms with Gasteiger partial charge in [0.1, 0.15) is 30.4 Å². The van der Waals surface area contributed by atoms with Gasteiger partial charge >= 0.3 is 5.97 Å². The summed E-state index contributed by atoms with van der Waals surface area (Å²) < 4.78 is 25.2. The van der Waals surface area contributed by atoms with Crippen molar-refractivity contribution in [3.05, 3.63) is 119 Å². The van der Waals surface area contributed by atoms with Gasteiger partial charge in [-0.2, -0.15) is 0 Å². The number of phenols is 3. The van der Waals surface area contributed by atoms with Crippen molar-refractivity contribution in [1.82, 2.24) is 30.8 Å². The number of ether oxygens (including phenoxy) is 4. The molecular formula is C55H67N9O9. The molecule has 3 saturated heterocycles. The summed E-state index contributed by atoms with van der Waals surface area (Å²) in [4.78, 5) is 32.7. The number of aromatic nitrogens is 2. The Morgan fingerprint density at radius 2 is 1.88 bits per heavy atom. The smallest absolute Gasteiger partial charge is 0.302 e. The number of nitrogens with zero attached hydrogens (tertiary/aromatic N) is 5. The monoisotopic (exact) mass is 998 g/mol. The number of piperidine rings is 1. The highest BCUT2D eigenvalue weighted by Crippen LogP contribution is 2.57. The Morgan fingerprint density at radius 3 is 2.70 bits per heavy atom. The fourth-order valence-corrected chi connectivity index (χ4v) is 12.3. The van der Waals surface area contributed by atoms with Crippen LogP contribution in [0.4, 0.5) is 5.82 Å². The Bertz CT molecular complexity index is 2770. The summed E-state index contributed by atoms with van der Waals surface area (Å²) in [6.07, 6.45) is 16.8.